The Morgan fingerprint density at radius 3 is 1.94 bits per heavy atom. The van der Waals surface area contributed by atoms with Crippen molar-refractivity contribution in [3.63, 3.8) is 0 Å². The summed E-state index contributed by atoms with van der Waals surface area (Å²) in [6.07, 6.45) is 3.81. The lowest BCUT2D eigenvalue weighted by atomic mass is 9.78. The van der Waals surface area contributed by atoms with E-state index in [1.807, 2.05) is 43.3 Å². The first kappa shape index (κ1) is 25.2. The Labute approximate surface area is 191 Å². The van der Waals surface area contributed by atoms with Gasteiger partial charge in [-0.25, -0.2) is 0 Å². The van der Waals surface area contributed by atoms with E-state index in [-0.39, 0.29) is 23.2 Å². The van der Waals surface area contributed by atoms with Crippen LogP contribution in [0.1, 0.15) is 75.8 Å². The average molecular weight is 437 g/mol. The summed E-state index contributed by atoms with van der Waals surface area (Å²) in [4.78, 5) is 24.2. The van der Waals surface area contributed by atoms with E-state index in [9.17, 15) is 14.7 Å². The minimum atomic E-state index is -0.395. The fraction of sp³-hybridized carbons (Fsp3) is 0.407. The fourth-order valence-electron chi connectivity index (χ4n) is 3.32. The zero-order valence-electron chi connectivity index (χ0n) is 20.3. The van der Waals surface area contributed by atoms with Crippen molar-refractivity contribution in [2.24, 2.45) is 0 Å². The second-order valence-electron chi connectivity index (χ2n) is 10.3. The molecule has 0 unspecified atom stereocenters. The summed E-state index contributed by atoms with van der Waals surface area (Å²) in [5.41, 5.74) is 9.22. The molecule has 2 amide bonds. The van der Waals surface area contributed by atoms with Crippen LogP contribution in [0.4, 0.5) is 0 Å². The van der Waals surface area contributed by atoms with Gasteiger partial charge in [0.25, 0.3) is 5.91 Å². The molecule has 0 aliphatic carbocycles. The Bertz CT molecular complexity index is 956. The standard InChI is InChI=1S/C27H36N2O3/c1-18-8-10-19(11-9-18)12-14-23(30)28-29-24(31)15-13-20-16-21(26(2,3)4)25(32)22(17-20)27(5,6)7/h8-12,14,16-17,32H,13,15H2,1-7H3,(H,28,30)(H,29,31)/b14-12+. The van der Waals surface area contributed by atoms with Crippen LogP contribution in [-0.4, -0.2) is 16.9 Å². The van der Waals surface area contributed by atoms with Gasteiger partial charge in [-0.2, -0.15) is 0 Å². The summed E-state index contributed by atoms with van der Waals surface area (Å²) < 4.78 is 0. The highest BCUT2D eigenvalue weighted by atomic mass is 16.3. The van der Waals surface area contributed by atoms with Crippen molar-refractivity contribution in [2.75, 3.05) is 0 Å². The van der Waals surface area contributed by atoms with Crippen molar-refractivity contribution in [2.45, 2.75) is 72.1 Å². The Morgan fingerprint density at radius 2 is 1.44 bits per heavy atom. The number of rotatable bonds is 5. The van der Waals surface area contributed by atoms with Gasteiger partial charge in [-0.05, 0) is 52.5 Å². The number of hydrazine groups is 1. The lowest BCUT2D eigenvalue weighted by molar-refractivity contribution is -0.126. The molecule has 2 rings (SSSR count). The number of aromatic hydroxyl groups is 1. The first-order valence-corrected chi connectivity index (χ1v) is 11.0. The maximum Gasteiger partial charge on any atom is 0.262 e. The molecular weight excluding hydrogens is 400 g/mol. The summed E-state index contributed by atoms with van der Waals surface area (Å²) in [5, 5.41) is 10.8. The number of carbonyl (C=O) groups is 2. The molecule has 0 radical (unpaired) electrons. The van der Waals surface area contributed by atoms with Crippen LogP contribution in [0, 0.1) is 6.92 Å². The summed E-state index contributed by atoms with van der Waals surface area (Å²) in [6, 6.07) is 11.7. The van der Waals surface area contributed by atoms with E-state index in [4.69, 9.17) is 0 Å². The molecule has 0 saturated carbocycles. The molecule has 5 heteroatoms. The molecule has 0 aliphatic rings. The van der Waals surface area contributed by atoms with Crippen LogP contribution in [0.25, 0.3) is 6.08 Å². The number of hydrogen-bond donors (Lipinski definition) is 3. The smallest absolute Gasteiger partial charge is 0.262 e. The minimum Gasteiger partial charge on any atom is -0.507 e. The highest BCUT2D eigenvalue weighted by Gasteiger charge is 2.26. The molecule has 0 spiro atoms. The van der Waals surface area contributed by atoms with Crippen LogP contribution in [0.15, 0.2) is 42.5 Å². The maximum atomic E-state index is 12.3. The van der Waals surface area contributed by atoms with Crippen LogP contribution >= 0.6 is 0 Å². The summed E-state index contributed by atoms with van der Waals surface area (Å²) in [7, 11) is 0. The first-order valence-electron chi connectivity index (χ1n) is 11.0. The normalized spacial score (nSPS) is 12.1. The number of amides is 2. The third-order valence-electron chi connectivity index (χ3n) is 5.26. The van der Waals surface area contributed by atoms with Gasteiger partial charge in [0.05, 0.1) is 0 Å². The lowest BCUT2D eigenvalue weighted by Crippen LogP contribution is -2.40. The predicted molar refractivity (Wildman–Crippen MR) is 130 cm³/mol. The van der Waals surface area contributed by atoms with E-state index in [1.54, 1.807) is 6.08 Å². The van der Waals surface area contributed by atoms with E-state index in [1.165, 1.54) is 6.08 Å². The molecule has 172 valence electrons. The summed E-state index contributed by atoms with van der Waals surface area (Å²) in [5.74, 6) is -0.343. The van der Waals surface area contributed by atoms with Crippen molar-refractivity contribution in [1.82, 2.24) is 10.9 Å². The Hall–Kier alpha value is -3.08. The molecule has 0 fully saturated rings. The highest BCUT2D eigenvalue weighted by molar-refractivity contribution is 5.93. The van der Waals surface area contributed by atoms with Gasteiger partial charge in [-0.15, -0.1) is 0 Å². The van der Waals surface area contributed by atoms with Gasteiger partial charge in [-0.3, -0.25) is 20.4 Å². The second kappa shape index (κ2) is 10.0. The molecule has 0 aromatic heterocycles. The molecule has 2 aromatic carbocycles. The monoisotopic (exact) mass is 436 g/mol. The van der Waals surface area contributed by atoms with E-state index in [0.717, 1.165) is 27.8 Å². The quantitative estimate of drug-likeness (QED) is 0.451. The van der Waals surface area contributed by atoms with Crippen molar-refractivity contribution in [1.29, 1.82) is 0 Å². The second-order valence-corrected chi connectivity index (χ2v) is 10.3. The van der Waals surface area contributed by atoms with Gasteiger partial charge in [0.1, 0.15) is 5.75 Å². The van der Waals surface area contributed by atoms with Gasteiger partial charge in [0.15, 0.2) is 0 Å². The maximum absolute atomic E-state index is 12.3. The molecular formula is C27H36N2O3. The SMILES string of the molecule is Cc1ccc(/C=C/C(=O)NNC(=O)CCc2cc(C(C)(C)C)c(O)c(C(C)(C)C)c2)cc1. The third kappa shape index (κ3) is 7.26. The Morgan fingerprint density at radius 1 is 0.906 bits per heavy atom. The van der Waals surface area contributed by atoms with E-state index in [2.05, 4.69) is 52.4 Å². The predicted octanol–water partition coefficient (Wildman–Crippen LogP) is 5.09. The zero-order chi connectivity index (χ0) is 24.1. The molecule has 0 aliphatic heterocycles. The van der Waals surface area contributed by atoms with Crippen LogP contribution < -0.4 is 10.9 Å². The zero-order valence-corrected chi connectivity index (χ0v) is 20.3. The molecule has 32 heavy (non-hydrogen) atoms. The molecule has 0 bridgehead atoms. The Kier molecular flexibility index (Phi) is 7.89. The van der Waals surface area contributed by atoms with E-state index >= 15 is 0 Å². The van der Waals surface area contributed by atoms with Gasteiger partial charge in [0, 0.05) is 12.5 Å². The first-order chi connectivity index (χ1) is 14.8. The number of nitrogens with one attached hydrogen (secondary N) is 2. The molecule has 0 atom stereocenters. The third-order valence-corrected chi connectivity index (χ3v) is 5.26. The lowest BCUT2D eigenvalue weighted by Gasteiger charge is -2.28. The topological polar surface area (TPSA) is 78.4 Å². The van der Waals surface area contributed by atoms with Crippen LogP contribution in [0.2, 0.25) is 0 Å². The number of hydrogen-bond acceptors (Lipinski definition) is 3. The molecule has 5 nitrogen and oxygen atoms in total. The van der Waals surface area contributed by atoms with Crippen LogP contribution in [-0.2, 0) is 26.8 Å². The molecule has 3 N–H and O–H groups in total. The number of phenols is 1. The van der Waals surface area contributed by atoms with Gasteiger partial charge in [-0.1, -0.05) is 83.5 Å². The number of aryl methyl sites for hydroxylation is 2. The van der Waals surface area contributed by atoms with Gasteiger partial charge >= 0.3 is 0 Å². The van der Waals surface area contributed by atoms with E-state index in [0.29, 0.717) is 12.2 Å². The van der Waals surface area contributed by atoms with Crippen LogP contribution in [0.3, 0.4) is 0 Å². The Balaban J connectivity index is 1.98. The van der Waals surface area contributed by atoms with Crippen LogP contribution in [0.5, 0.6) is 5.75 Å². The average Bonchev–Trinajstić information content (AvgIpc) is 2.69. The highest BCUT2D eigenvalue weighted by Crippen LogP contribution is 2.39. The van der Waals surface area contributed by atoms with Crippen molar-refractivity contribution in [3.05, 3.63) is 70.3 Å². The summed E-state index contributed by atoms with van der Waals surface area (Å²) in [6.45, 7) is 14.4. The van der Waals surface area contributed by atoms with Gasteiger partial charge in [0.2, 0.25) is 5.91 Å². The minimum absolute atomic E-state index is 0.222. The number of phenolic OH excluding ortho intramolecular Hbond substituents is 1. The van der Waals surface area contributed by atoms with E-state index < -0.39 is 5.91 Å². The molecule has 0 heterocycles. The fourth-order valence-corrected chi connectivity index (χ4v) is 3.32. The largest absolute Gasteiger partial charge is 0.507 e. The van der Waals surface area contributed by atoms with Crippen molar-refractivity contribution >= 4 is 17.9 Å². The van der Waals surface area contributed by atoms with Crippen molar-refractivity contribution < 1.29 is 14.7 Å². The van der Waals surface area contributed by atoms with Gasteiger partial charge < -0.3 is 5.11 Å². The van der Waals surface area contributed by atoms with Crippen molar-refractivity contribution in [3.8, 4) is 5.75 Å². The number of carbonyl (C=O) groups excluding carboxylic acids is 2. The molecule has 0 saturated heterocycles. The summed E-state index contributed by atoms with van der Waals surface area (Å²) >= 11 is 0. The number of benzene rings is 2. The molecule has 2 aromatic rings.